The third-order valence-electron chi connectivity index (χ3n) is 5.15. The van der Waals surface area contributed by atoms with Gasteiger partial charge in [0, 0.05) is 7.05 Å². The van der Waals surface area contributed by atoms with E-state index in [4.69, 9.17) is 9.47 Å². The van der Waals surface area contributed by atoms with Crippen LogP contribution in [0, 0.1) is 0 Å². The predicted molar refractivity (Wildman–Crippen MR) is 129 cm³/mol. The molecule has 0 saturated heterocycles. The maximum Gasteiger partial charge on any atom is 0.329 e. The number of aromatic hydroxyl groups is 1. The van der Waals surface area contributed by atoms with Crippen molar-refractivity contribution in [1.82, 2.24) is 19.1 Å². The van der Waals surface area contributed by atoms with Crippen molar-refractivity contribution in [3.05, 3.63) is 74.9 Å². The van der Waals surface area contributed by atoms with Gasteiger partial charge in [-0.1, -0.05) is 12.1 Å². The highest BCUT2D eigenvalue weighted by molar-refractivity contribution is 5.81. The summed E-state index contributed by atoms with van der Waals surface area (Å²) in [4.78, 5) is 31.2. The molecule has 12 heteroatoms. The number of aryl methyl sites for hydroxylation is 1. The van der Waals surface area contributed by atoms with Crippen LogP contribution in [0.25, 0.3) is 11.2 Å². The molecule has 0 aliphatic carbocycles. The minimum atomic E-state index is -1.03. The van der Waals surface area contributed by atoms with E-state index in [0.29, 0.717) is 17.1 Å². The van der Waals surface area contributed by atoms with Gasteiger partial charge in [0.15, 0.2) is 11.2 Å². The van der Waals surface area contributed by atoms with Crippen molar-refractivity contribution < 1.29 is 19.7 Å². The molecule has 0 aliphatic rings. The van der Waals surface area contributed by atoms with Gasteiger partial charge in [0.05, 0.1) is 19.9 Å². The molecule has 12 nitrogen and oxygen atoms in total. The van der Waals surface area contributed by atoms with Gasteiger partial charge in [0.1, 0.15) is 30.0 Å². The largest absolute Gasteiger partial charge is 0.508 e. The van der Waals surface area contributed by atoms with Crippen LogP contribution in [0.1, 0.15) is 5.56 Å². The SMILES string of the molecule is COc1ccc(OCC(O)Cn2c(NN=Cc3cccc(O)c3)nc3c2c(=O)[nH]c(=O)n3C)cc1. The minimum Gasteiger partial charge on any atom is -0.508 e. The fourth-order valence-electron chi connectivity index (χ4n) is 3.40. The molecule has 0 spiro atoms. The Kier molecular flexibility index (Phi) is 6.83. The number of aromatic nitrogens is 4. The zero-order valence-electron chi connectivity index (χ0n) is 19.0. The number of phenolic OH excluding ortho intramolecular Hbond substituents is 1. The smallest absolute Gasteiger partial charge is 0.329 e. The number of benzene rings is 2. The molecule has 1 atom stereocenters. The fraction of sp³-hybridized carbons (Fsp3) is 0.217. The molecule has 4 N–H and O–H groups in total. The Hall–Kier alpha value is -4.58. The lowest BCUT2D eigenvalue weighted by molar-refractivity contribution is 0.0938. The second-order valence-corrected chi connectivity index (χ2v) is 7.64. The van der Waals surface area contributed by atoms with Crippen LogP contribution in [0.3, 0.4) is 0 Å². The summed E-state index contributed by atoms with van der Waals surface area (Å²) < 4.78 is 13.4. The van der Waals surface area contributed by atoms with Crippen LogP contribution in [0.5, 0.6) is 17.2 Å². The van der Waals surface area contributed by atoms with Gasteiger partial charge in [-0.25, -0.2) is 10.2 Å². The number of hydrogen-bond acceptors (Lipinski definition) is 9. The highest BCUT2D eigenvalue weighted by Crippen LogP contribution is 2.19. The fourth-order valence-corrected chi connectivity index (χ4v) is 3.40. The molecule has 2 heterocycles. The Balaban J connectivity index is 1.59. The van der Waals surface area contributed by atoms with Crippen LogP contribution in [0.15, 0.2) is 63.2 Å². The van der Waals surface area contributed by atoms with Gasteiger partial charge >= 0.3 is 5.69 Å². The maximum absolute atomic E-state index is 12.6. The molecule has 0 radical (unpaired) electrons. The van der Waals surface area contributed by atoms with Crippen molar-refractivity contribution in [3.63, 3.8) is 0 Å². The Bertz CT molecular complexity index is 1470. The van der Waals surface area contributed by atoms with Gasteiger partial charge in [-0.3, -0.25) is 14.3 Å². The number of aliphatic hydroxyl groups is 1. The van der Waals surface area contributed by atoms with Gasteiger partial charge < -0.3 is 24.3 Å². The number of methoxy groups -OCH3 is 1. The van der Waals surface area contributed by atoms with Crippen LogP contribution in [0.2, 0.25) is 0 Å². The van der Waals surface area contributed by atoms with Crippen LogP contribution < -0.4 is 26.1 Å². The molecule has 4 aromatic rings. The van der Waals surface area contributed by atoms with Gasteiger partial charge in [0.25, 0.3) is 5.56 Å². The highest BCUT2D eigenvalue weighted by atomic mass is 16.5. The Morgan fingerprint density at radius 2 is 1.94 bits per heavy atom. The van der Waals surface area contributed by atoms with E-state index in [1.165, 1.54) is 34.5 Å². The van der Waals surface area contributed by atoms with Crippen molar-refractivity contribution in [3.8, 4) is 17.2 Å². The second kappa shape index (κ2) is 10.1. The zero-order valence-corrected chi connectivity index (χ0v) is 19.0. The van der Waals surface area contributed by atoms with Crippen molar-refractivity contribution >= 4 is 23.3 Å². The van der Waals surface area contributed by atoms with Gasteiger partial charge in [0.2, 0.25) is 5.95 Å². The summed E-state index contributed by atoms with van der Waals surface area (Å²) in [6.07, 6.45) is 0.428. The summed E-state index contributed by atoms with van der Waals surface area (Å²) in [5.41, 5.74) is 2.31. The summed E-state index contributed by atoms with van der Waals surface area (Å²) in [6.45, 7) is -0.139. The molecule has 35 heavy (non-hydrogen) atoms. The molecular weight excluding hydrogens is 456 g/mol. The number of rotatable bonds is 9. The first-order valence-electron chi connectivity index (χ1n) is 10.6. The summed E-state index contributed by atoms with van der Waals surface area (Å²) in [7, 11) is 3.03. The second-order valence-electron chi connectivity index (χ2n) is 7.64. The Labute approximate surface area is 198 Å². The van der Waals surface area contributed by atoms with E-state index in [2.05, 4.69) is 20.5 Å². The molecule has 0 bridgehead atoms. The van der Waals surface area contributed by atoms with Gasteiger partial charge in [-0.05, 0) is 42.0 Å². The van der Waals surface area contributed by atoms with E-state index in [0.717, 1.165) is 0 Å². The molecule has 182 valence electrons. The van der Waals surface area contributed by atoms with E-state index in [1.807, 2.05) is 0 Å². The van der Waals surface area contributed by atoms with E-state index >= 15 is 0 Å². The van der Waals surface area contributed by atoms with Crippen molar-refractivity contribution in [2.24, 2.45) is 12.1 Å². The molecular formula is C23H24N6O6. The molecule has 1 unspecified atom stereocenters. The molecule has 0 fully saturated rings. The van der Waals surface area contributed by atoms with Gasteiger partial charge in [-0.15, -0.1) is 0 Å². The molecule has 4 rings (SSSR count). The normalized spacial score (nSPS) is 12.2. The number of hydrazone groups is 1. The quantitative estimate of drug-likeness (QED) is 0.204. The van der Waals surface area contributed by atoms with Crippen molar-refractivity contribution in [1.29, 1.82) is 0 Å². The molecule has 2 aromatic heterocycles. The number of aromatic amines is 1. The maximum atomic E-state index is 12.6. The highest BCUT2D eigenvalue weighted by Gasteiger charge is 2.20. The van der Waals surface area contributed by atoms with E-state index in [-0.39, 0.29) is 36.0 Å². The van der Waals surface area contributed by atoms with Crippen molar-refractivity contribution in [2.45, 2.75) is 12.6 Å². The van der Waals surface area contributed by atoms with Crippen LogP contribution in [-0.2, 0) is 13.6 Å². The van der Waals surface area contributed by atoms with E-state index in [9.17, 15) is 19.8 Å². The third kappa shape index (κ3) is 5.33. The number of phenols is 1. The topological polar surface area (TPSA) is 156 Å². The molecule has 0 aliphatic heterocycles. The summed E-state index contributed by atoms with van der Waals surface area (Å²) in [5, 5.41) is 24.4. The number of aliphatic hydroxyl groups excluding tert-OH is 1. The van der Waals surface area contributed by atoms with Crippen molar-refractivity contribution in [2.75, 3.05) is 19.1 Å². The van der Waals surface area contributed by atoms with Crippen LogP contribution in [-0.4, -0.2) is 55.4 Å². The molecule has 2 aromatic carbocycles. The average Bonchev–Trinajstić information content (AvgIpc) is 3.20. The van der Waals surface area contributed by atoms with Crippen LogP contribution >= 0.6 is 0 Å². The third-order valence-corrected chi connectivity index (χ3v) is 5.15. The van der Waals surface area contributed by atoms with Crippen LogP contribution in [0.4, 0.5) is 5.95 Å². The summed E-state index contributed by atoms with van der Waals surface area (Å²) in [5.74, 6) is 1.43. The lowest BCUT2D eigenvalue weighted by atomic mass is 10.2. The molecule has 0 saturated carbocycles. The monoisotopic (exact) mass is 480 g/mol. The summed E-state index contributed by atoms with van der Waals surface area (Å²) >= 11 is 0. The molecule has 0 amide bonds. The number of fused-ring (bicyclic) bond motifs is 1. The van der Waals surface area contributed by atoms with E-state index < -0.39 is 17.4 Å². The predicted octanol–water partition coefficient (Wildman–Crippen LogP) is 1.02. The lowest BCUT2D eigenvalue weighted by Crippen LogP contribution is -2.30. The van der Waals surface area contributed by atoms with E-state index in [1.54, 1.807) is 43.5 Å². The Morgan fingerprint density at radius 1 is 1.20 bits per heavy atom. The van der Waals surface area contributed by atoms with Gasteiger partial charge in [-0.2, -0.15) is 10.1 Å². The first-order valence-corrected chi connectivity index (χ1v) is 10.6. The summed E-state index contributed by atoms with van der Waals surface area (Å²) in [6, 6.07) is 13.3. The lowest BCUT2D eigenvalue weighted by Gasteiger charge is -2.15. The number of imidazole rings is 1. The first kappa shape index (κ1) is 23.6. The number of nitrogens with zero attached hydrogens (tertiary/aromatic N) is 4. The minimum absolute atomic E-state index is 0.0678. The standard InChI is InChI=1S/C23H24N6O6/c1-28-20-19(21(32)26-23(28)33)29(12-16(31)13-35-18-8-6-17(34-2)7-9-18)22(25-20)27-24-11-14-4-3-5-15(30)10-14/h3-11,16,30-31H,12-13H2,1-2H3,(H,25,27)(H,26,32,33). The number of anilines is 1. The number of ether oxygens (including phenoxy) is 2. The Morgan fingerprint density at radius 3 is 2.66 bits per heavy atom. The average molecular weight is 480 g/mol. The number of nitrogens with one attached hydrogen (secondary N) is 2. The first-order chi connectivity index (χ1) is 16.9. The number of H-pyrrole nitrogens is 1. The zero-order chi connectivity index (χ0) is 24.9. The number of hydrogen-bond donors (Lipinski definition) is 4.